The summed E-state index contributed by atoms with van der Waals surface area (Å²) in [6.45, 7) is 4.45. The predicted molar refractivity (Wildman–Crippen MR) is 86.0 cm³/mol. The second-order valence-electron chi connectivity index (χ2n) is 5.79. The van der Waals surface area contributed by atoms with Crippen LogP contribution in [0.2, 0.25) is 5.02 Å². The number of methoxy groups -OCH3 is 2. The highest BCUT2D eigenvalue weighted by Crippen LogP contribution is 2.39. The van der Waals surface area contributed by atoms with Crippen LogP contribution in [0.25, 0.3) is 0 Å². The summed E-state index contributed by atoms with van der Waals surface area (Å²) in [7, 11) is 3.32. The lowest BCUT2D eigenvalue weighted by Gasteiger charge is -2.45. The SMILES string of the molecule is COc1cc(OC)c(N2CCN3CCCCC3C2)cc1Cl. The number of ether oxygens (including phenoxy) is 2. The van der Waals surface area contributed by atoms with Crippen LogP contribution in [-0.4, -0.2) is 51.3 Å². The number of fused-ring (bicyclic) bond motifs is 1. The Hall–Kier alpha value is -1.13. The van der Waals surface area contributed by atoms with Crippen LogP contribution in [0.1, 0.15) is 19.3 Å². The molecule has 0 aromatic heterocycles. The van der Waals surface area contributed by atoms with Gasteiger partial charge in [0.15, 0.2) is 0 Å². The van der Waals surface area contributed by atoms with E-state index in [0.29, 0.717) is 16.8 Å². The molecule has 0 amide bonds. The molecule has 0 radical (unpaired) electrons. The summed E-state index contributed by atoms with van der Waals surface area (Å²) in [6.07, 6.45) is 3.98. The molecule has 2 fully saturated rings. The molecule has 5 heteroatoms. The zero-order chi connectivity index (χ0) is 14.8. The molecule has 0 N–H and O–H groups in total. The molecule has 2 aliphatic heterocycles. The van der Waals surface area contributed by atoms with E-state index in [4.69, 9.17) is 21.1 Å². The first-order valence-electron chi connectivity index (χ1n) is 7.63. The Morgan fingerprint density at radius 3 is 2.62 bits per heavy atom. The lowest BCUT2D eigenvalue weighted by Crippen LogP contribution is -2.54. The van der Waals surface area contributed by atoms with Crippen LogP contribution in [-0.2, 0) is 0 Å². The Bertz CT molecular complexity index is 509. The van der Waals surface area contributed by atoms with E-state index in [0.717, 1.165) is 31.1 Å². The second kappa shape index (κ2) is 6.32. The Morgan fingerprint density at radius 2 is 1.86 bits per heavy atom. The van der Waals surface area contributed by atoms with Gasteiger partial charge >= 0.3 is 0 Å². The standard InChI is InChI=1S/C16H23ClN2O2/c1-20-15-10-16(21-2)14(9-13(15)17)19-8-7-18-6-4-3-5-12(18)11-19/h9-10,12H,3-8,11H2,1-2H3. The Kier molecular flexibility index (Phi) is 4.45. The number of nitrogens with zero attached hydrogens (tertiary/aromatic N) is 2. The minimum absolute atomic E-state index is 0.638. The van der Waals surface area contributed by atoms with Crippen molar-refractivity contribution in [1.82, 2.24) is 4.90 Å². The quantitative estimate of drug-likeness (QED) is 0.857. The molecule has 1 atom stereocenters. The van der Waals surface area contributed by atoms with E-state index in [-0.39, 0.29) is 0 Å². The van der Waals surface area contributed by atoms with Crippen molar-refractivity contribution in [3.63, 3.8) is 0 Å². The molecule has 0 aliphatic carbocycles. The maximum absolute atomic E-state index is 6.30. The van der Waals surface area contributed by atoms with Crippen molar-refractivity contribution < 1.29 is 9.47 Å². The highest BCUT2D eigenvalue weighted by atomic mass is 35.5. The van der Waals surface area contributed by atoms with Gasteiger partial charge in [0.25, 0.3) is 0 Å². The molecular formula is C16H23ClN2O2. The van der Waals surface area contributed by atoms with Crippen LogP contribution in [0.4, 0.5) is 5.69 Å². The van der Waals surface area contributed by atoms with Crippen molar-refractivity contribution in [3.8, 4) is 11.5 Å². The van der Waals surface area contributed by atoms with Crippen molar-refractivity contribution in [1.29, 1.82) is 0 Å². The molecule has 21 heavy (non-hydrogen) atoms. The number of hydrogen-bond donors (Lipinski definition) is 0. The van der Waals surface area contributed by atoms with Gasteiger partial charge in [-0.25, -0.2) is 0 Å². The summed E-state index contributed by atoms with van der Waals surface area (Å²) in [5.74, 6) is 1.49. The van der Waals surface area contributed by atoms with E-state index >= 15 is 0 Å². The van der Waals surface area contributed by atoms with Crippen LogP contribution in [0.15, 0.2) is 12.1 Å². The lowest BCUT2D eigenvalue weighted by molar-refractivity contribution is 0.133. The van der Waals surface area contributed by atoms with Gasteiger partial charge in [-0.15, -0.1) is 0 Å². The number of rotatable bonds is 3. The van der Waals surface area contributed by atoms with Crippen LogP contribution >= 0.6 is 11.6 Å². The molecule has 2 aliphatic rings. The topological polar surface area (TPSA) is 24.9 Å². The van der Waals surface area contributed by atoms with E-state index in [1.54, 1.807) is 14.2 Å². The second-order valence-corrected chi connectivity index (χ2v) is 6.20. The molecule has 4 nitrogen and oxygen atoms in total. The van der Waals surface area contributed by atoms with Crippen molar-refractivity contribution >= 4 is 17.3 Å². The number of benzene rings is 1. The van der Waals surface area contributed by atoms with Gasteiger partial charge in [0.05, 0.1) is 24.9 Å². The summed E-state index contributed by atoms with van der Waals surface area (Å²) < 4.78 is 10.8. The molecule has 1 unspecified atom stereocenters. The summed E-state index contributed by atoms with van der Waals surface area (Å²) >= 11 is 6.30. The van der Waals surface area contributed by atoms with E-state index in [1.807, 2.05) is 12.1 Å². The van der Waals surface area contributed by atoms with Gasteiger partial charge in [0, 0.05) is 31.7 Å². The van der Waals surface area contributed by atoms with Gasteiger partial charge < -0.3 is 14.4 Å². The lowest BCUT2D eigenvalue weighted by atomic mass is 9.99. The van der Waals surface area contributed by atoms with Crippen molar-refractivity contribution in [2.24, 2.45) is 0 Å². The Balaban J connectivity index is 1.84. The Morgan fingerprint density at radius 1 is 1.05 bits per heavy atom. The third-order valence-electron chi connectivity index (χ3n) is 4.63. The normalized spacial score (nSPS) is 22.8. The maximum atomic E-state index is 6.30. The number of piperazine rings is 1. The maximum Gasteiger partial charge on any atom is 0.145 e. The minimum atomic E-state index is 0.638. The molecule has 0 bridgehead atoms. The summed E-state index contributed by atoms with van der Waals surface area (Å²) in [4.78, 5) is 5.02. The van der Waals surface area contributed by atoms with Crippen LogP contribution in [0.5, 0.6) is 11.5 Å². The fourth-order valence-corrected chi connectivity index (χ4v) is 3.70. The first kappa shape index (κ1) is 14.8. The van der Waals surface area contributed by atoms with E-state index in [9.17, 15) is 0 Å². The third kappa shape index (κ3) is 2.92. The predicted octanol–water partition coefficient (Wildman–Crippen LogP) is 3.03. The summed E-state index contributed by atoms with van der Waals surface area (Å²) in [5.41, 5.74) is 1.08. The van der Waals surface area contributed by atoms with Crippen LogP contribution in [0, 0.1) is 0 Å². The molecule has 1 aromatic rings. The zero-order valence-corrected chi connectivity index (χ0v) is 13.5. The largest absolute Gasteiger partial charge is 0.495 e. The van der Waals surface area contributed by atoms with Gasteiger partial charge in [-0.2, -0.15) is 0 Å². The fourth-order valence-electron chi connectivity index (χ4n) is 3.47. The third-order valence-corrected chi connectivity index (χ3v) is 4.93. The number of hydrogen-bond acceptors (Lipinski definition) is 4. The average molecular weight is 311 g/mol. The monoisotopic (exact) mass is 310 g/mol. The Labute approximate surface area is 131 Å². The summed E-state index contributed by atoms with van der Waals surface area (Å²) in [6, 6.07) is 4.51. The minimum Gasteiger partial charge on any atom is -0.495 e. The van der Waals surface area contributed by atoms with Crippen molar-refractivity contribution in [2.45, 2.75) is 25.3 Å². The smallest absolute Gasteiger partial charge is 0.145 e. The molecule has 2 saturated heterocycles. The van der Waals surface area contributed by atoms with E-state index in [2.05, 4.69) is 9.80 Å². The molecule has 0 saturated carbocycles. The van der Waals surface area contributed by atoms with Crippen molar-refractivity contribution in [2.75, 3.05) is 45.3 Å². The highest BCUT2D eigenvalue weighted by molar-refractivity contribution is 6.32. The van der Waals surface area contributed by atoms with Gasteiger partial charge in [-0.05, 0) is 25.5 Å². The van der Waals surface area contributed by atoms with Crippen LogP contribution in [0.3, 0.4) is 0 Å². The van der Waals surface area contributed by atoms with Gasteiger partial charge in [-0.3, -0.25) is 4.90 Å². The first-order chi connectivity index (χ1) is 10.2. The zero-order valence-electron chi connectivity index (χ0n) is 12.8. The molecule has 116 valence electrons. The molecule has 3 rings (SSSR count). The van der Waals surface area contributed by atoms with Crippen LogP contribution < -0.4 is 14.4 Å². The van der Waals surface area contributed by atoms with Gasteiger partial charge in [0.1, 0.15) is 11.5 Å². The molecular weight excluding hydrogens is 288 g/mol. The van der Waals surface area contributed by atoms with Gasteiger partial charge in [-0.1, -0.05) is 18.0 Å². The van der Waals surface area contributed by atoms with E-state index < -0.39 is 0 Å². The molecule has 1 aromatic carbocycles. The first-order valence-corrected chi connectivity index (χ1v) is 8.01. The average Bonchev–Trinajstić information content (AvgIpc) is 2.54. The summed E-state index contributed by atoms with van der Waals surface area (Å²) in [5, 5.41) is 0.638. The van der Waals surface area contributed by atoms with Crippen molar-refractivity contribution in [3.05, 3.63) is 17.2 Å². The van der Waals surface area contributed by atoms with E-state index in [1.165, 1.54) is 25.8 Å². The van der Waals surface area contributed by atoms with Gasteiger partial charge in [0.2, 0.25) is 0 Å². The fraction of sp³-hybridized carbons (Fsp3) is 0.625. The number of halogens is 1. The number of piperidine rings is 1. The molecule has 0 spiro atoms. The molecule has 2 heterocycles. The number of anilines is 1. The highest BCUT2D eigenvalue weighted by Gasteiger charge is 2.30.